The molecule has 9 aromatic carbocycles. The van der Waals surface area contributed by atoms with Crippen LogP contribution in [-0.2, 0) is 0 Å². The van der Waals surface area contributed by atoms with E-state index < -0.39 is 0 Å². The molecule has 0 amide bonds. The normalized spacial score (nSPS) is 11.6. The second-order valence-electron chi connectivity index (χ2n) is 14.4. The first-order valence-corrected chi connectivity index (χ1v) is 19.0. The molecular weight excluding hydrogens is 679 g/mol. The third kappa shape index (κ3) is 5.40. The maximum Gasteiger partial charge on any atom is 0.160 e. The first-order valence-electron chi connectivity index (χ1n) is 19.0. The topological polar surface area (TPSA) is 38.7 Å². The standard InChI is InChI=1S/C53H33N3/c1-2-10-36(11-3-1)49-33-50(46-16-7-6-15-43(46)35-27-29-54-30-28-35)56-53(55-49)42-14-8-13-40(32-42)44-23-19-37-22-26-48-45(24-20-38-21-25-47(44)51(37)52(38)48)41-18-17-34-9-4-5-12-39(34)31-41/h1-33H. The monoisotopic (exact) mass is 711 g/mol. The lowest BCUT2D eigenvalue weighted by molar-refractivity contribution is 1.18. The lowest BCUT2D eigenvalue weighted by Gasteiger charge is -2.17. The van der Waals surface area contributed by atoms with Crippen LogP contribution in [0.25, 0.3) is 110 Å². The van der Waals surface area contributed by atoms with Gasteiger partial charge in [0.1, 0.15) is 0 Å². The summed E-state index contributed by atoms with van der Waals surface area (Å²) in [4.78, 5) is 14.7. The zero-order valence-corrected chi connectivity index (χ0v) is 30.4. The predicted molar refractivity (Wildman–Crippen MR) is 234 cm³/mol. The van der Waals surface area contributed by atoms with E-state index in [1.807, 2.05) is 30.6 Å². The molecule has 0 atom stereocenters. The molecule has 0 fully saturated rings. The summed E-state index contributed by atoms with van der Waals surface area (Å²) in [6, 6.07) is 67.3. The molecule has 0 aliphatic heterocycles. The van der Waals surface area contributed by atoms with Gasteiger partial charge in [0.15, 0.2) is 5.82 Å². The van der Waals surface area contributed by atoms with Crippen molar-refractivity contribution in [1.29, 1.82) is 0 Å². The van der Waals surface area contributed by atoms with Crippen molar-refractivity contribution in [3.63, 3.8) is 0 Å². The van der Waals surface area contributed by atoms with Crippen molar-refractivity contribution in [2.24, 2.45) is 0 Å². The van der Waals surface area contributed by atoms with Crippen molar-refractivity contribution >= 4 is 43.1 Å². The van der Waals surface area contributed by atoms with Crippen molar-refractivity contribution in [1.82, 2.24) is 15.0 Å². The first kappa shape index (κ1) is 32.0. The summed E-state index contributed by atoms with van der Waals surface area (Å²) in [5.74, 6) is 0.686. The third-order valence-corrected chi connectivity index (χ3v) is 11.1. The lowest BCUT2D eigenvalue weighted by Crippen LogP contribution is -1.97. The molecule has 56 heavy (non-hydrogen) atoms. The van der Waals surface area contributed by atoms with Gasteiger partial charge in [-0.1, -0.05) is 158 Å². The molecule has 0 N–H and O–H groups in total. The molecule has 0 bridgehead atoms. The molecule has 0 spiro atoms. The number of pyridine rings is 1. The van der Waals surface area contributed by atoms with Gasteiger partial charge in [-0.25, -0.2) is 9.97 Å². The summed E-state index contributed by atoms with van der Waals surface area (Å²) in [6.07, 6.45) is 3.67. The van der Waals surface area contributed by atoms with Crippen molar-refractivity contribution < 1.29 is 0 Å². The smallest absolute Gasteiger partial charge is 0.160 e. The number of nitrogens with zero attached hydrogens (tertiary/aromatic N) is 3. The van der Waals surface area contributed by atoms with E-state index in [4.69, 9.17) is 9.97 Å². The van der Waals surface area contributed by atoms with Crippen LogP contribution in [-0.4, -0.2) is 15.0 Å². The Balaban J connectivity index is 1.07. The Bertz CT molecular complexity index is 3240. The van der Waals surface area contributed by atoms with Gasteiger partial charge >= 0.3 is 0 Å². The number of hydrogen-bond acceptors (Lipinski definition) is 3. The Labute approximate surface area is 324 Å². The van der Waals surface area contributed by atoms with E-state index in [0.717, 1.165) is 44.8 Å². The molecule has 0 saturated carbocycles. The molecule has 11 rings (SSSR count). The van der Waals surface area contributed by atoms with E-state index >= 15 is 0 Å². The quantitative estimate of drug-likeness (QED) is 0.161. The van der Waals surface area contributed by atoms with Gasteiger partial charge in [-0.2, -0.15) is 0 Å². The molecule has 0 radical (unpaired) electrons. The zero-order chi connectivity index (χ0) is 37.0. The van der Waals surface area contributed by atoms with Gasteiger partial charge in [-0.05, 0) is 107 Å². The number of hydrogen-bond donors (Lipinski definition) is 0. The third-order valence-electron chi connectivity index (χ3n) is 11.1. The Hall–Kier alpha value is -7.49. The number of aromatic nitrogens is 3. The van der Waals surface area contributed by atoms with Gasteiger partial charge in [0.25, 0.3) is 0 Å². The minimum atomic E-state index is 0.686. The van der Waals surface area contributed by atoms with E-state index in [0.29, 0.717) is 5.82 Å². The second kappa shape index (κ2) is 13.1. The van der Waals surface area contributed by atoms with Crippen LogP contribution < -0.4 is 0 Å². The number of fused-ring (bicyclic) bond motifs is 1. The van der Waals surface area contributed by atoms with Crippen LogP contribution in [0.4, 0.5) is 0 Å². The van der Waals surface area contributed by atoms with Crippen LogP contribution in [0, 0.1) is 0 Å². The van der Waals surface area contributed by atoms with Crippen LogP contribution in [0.2, 0.25) is 0 Å². The van der Waals surface area contributed by atoms with E-state index in [9.17, 15) is 0 Å². The lowest BCUT2D eigenvalue weighted by atomic mass is 9.87. The largest absolute Gasteiger partial charge is 0.265 e. The van der Waals surface area contributed by atoms with Crippen molar-refractivity contribution in [3.8, 4) is 67.3 Å². The SMILES string of the molecule is c1ccc(-c2cc(-c3ccccc3-c3ccncc3)nc(-c3cccc(-c4ccc5ccc6c(-c7ccc8ccccc8c7)ccc7ccc4c5c76)c3)n2)cc1. The van der Waals surface area contributed by atoms with Crippen molar-refractivity contribution in [3.05, 3.63) is 200 Å². The average Bonchev–Trinajstić information content (AvgIpc) is 3.28. The molecule has 0 aliphatic rings. The highest BCUT2D eigenvalue weighted by molar-refractivity contribution is 6.27. The zero-order valence-electron chi connectivity index (χ0n) is 30.4. The molecule has 0 saturated heterocycles. The molecule has 0 unspecified atom stereocenters. The van der Waals surface area contributed by atoms with E-state index in [1.54, 1.807) is 0 Å². The maximum absolute atomic E-state index is 5.28. The first-order chi connectivity index (χ1) is 27.7. The molecular formula is C53H33N3. The van der Waals surface area contributed by atoms with Gasteiger partial charge in [0.2, 0.25) is 0 Å². The Kier molecular flexibility index (Phi) is 7.49. The highest BCUT2D eigenvalue weighted by atomic mass is 14.9. The molecule has 11 aromatic rings. The highest BCUT2D eigenvalue weighted by Crippen LogP contribution is 2.43. The van der Waals surface area contributed by atoms with Crippen LogP contribution in [0.1, 0.15) is 0 Å². The van der Waals surface area contributed by atoms with Crippen LogP contribution >= 0.6 is 0 Å². The maximum atomic E-state index is 5.28. The number of rotatable bonds is 6. The molecule has 260 valence electrons. The average molecular weight is 712 g/mol. The summed E-state index contributed by atoms with van der Waals surface area (Å²) in [7, 11) is 0. The predicted octanol–water partition coefficient (Wildman–Crippen LogP) is 13.9. The summed E-state index contributed by atoms with van der Waals surface area (Å²) in [6.45, 7) is 0. The van der Waals surface area contributed by atoms with Crippen LogP contribution in [0.5, 0.6) is 0 Å². The summed E-state index contributed by atoms with van der Waals surface area (Å²) in [5, 5.41) is 10.1. The molecule has 3 heteroatoms. The molecule has 0 aliphatic carbocycles. The summed E-state index contributed by atoms with van der Waals surface area (Å²) >= 11 is 0. The molecule has 2 heterocycles. The molecule has 3 nitrogen and oxygen atoms in total. The molecule has 2 aromatic heterocycles. The van der Waals surface area contributed by atoms with E-state index in [-0.39, 0.29) is 0 Å². The van der Waals surface area contributed by atoms with E-state index in [1.165, 1.54) is 59.8 Å². The van der Waals surface area contributed by atoms with Gasteiger partial charge in [-0.3, -0.25) is 4.98 Å². The van der Waals surface area contributed by atoms with Crippen molar-refractivity contribution in [2.45, 2.75) is 0 Å². The van der Waals surface area contributed by atoms with Gasteiger partial charge < -0.3 is 0 Å². The van der Waals surface area contributed by atoms with E-state index in [2.05, 4.69) is 175 Å². The fourth-order valence-corrected chi connectivity index (χ4v) is 8.45. The van der Waals surface area contributed by atoms with Crippen LogP contribution in [0.15, 0.2) is 200 Å². The van der Waals surface area contributed by atoms with Gasteiger partial charge in [0.05, 0.1) is 11.4 Å². The Morgan fingerprint density at radius 1 is 0.286 bits per heavy atom. The minimum Gasteiger partial charge on any atom is -0.265 e. The Morgan fingerprint density at radius 2 is 0.857 bits per heavy atom. The van der Waals surface area contributed by atoms with Crippen LogP contribution in [0.3, 0.4) is 0 Å². The van der Waals surface area contributed by atoms with Crippen molar-refractivity contribution in [2.75, 3.05) is 0 Å². The van der Waals surface area contributed by atoms with Gasteiger partial charge in [0, 0.05) is 29.1 Å². The fourth-order valence-electron chi connectivity index (χ4n) is 8.45. The minimum absolute atomic E-state index is 0.686. The number of benzene rings is 9. The second-order valence-corrected chi connectivity index (χ2v) is 14.4. The summed E-state index contributed by atoms with van der Waals surface area (Å²) < 4.78 is 0. The Morgan fingerprint density at radius 3 is 1.61 bits per heavy atom. The van der Waals surface area contributed by atoms with Gasteiger partial charge in [-0.15, -0.1) is 0 Å². The highest BCUT2D eigenvalue weighted by Gasteiger charge is 2.18. The fraction of sp³-hybridized carbons (Fsp3) is 0. The summed E-state index contributed by atoms with van der Waals surface area (Å²) in [5.41, 5.74) is 11.8.